The number of hydrogen-bond donors (Lipinski definition) is 1. The highest BCUT2D eigenvalue weighted by Crippen LogP contribution is 2.25. The van der Waals surface area contributed by atoms with Gasteiger partial charge in [-0.1, -0.05) is 12.1 Å². The van der Waals surface area contributed by atoms with Crippen molar-refractivity contribution in [3.63, 3.8) is 0 Å². The SMILES string of the molecule is COc1cccc(OCCNC(=O)COc2ccc3c(c2)CCCC3)c1. The van der Waals surface area contributed by atoms with Gasteiger partial charge in [-0.25, -0.2) is 0 Å². The van der Waals surface area contributed by atoms with Crippen molar-refractivity contribution < 1.29 is 19.0 Å². The molecule has 26 heavy (non-hydrogen) atoms. The Hall–Kier alpha value is -2.69. The molecule has 5 nitrogen and oxygen atoms in total. The summed E-state index contributed by atoms with van der Waals surface area (Å²) in [6, 6.07) is 13.5. The molecule has 0 heterocycles. The molecule has 0 aliphatic heterocycles. The Morgan fingerprint density at radius 3 is 2.58 bits per heavy atom. The molecule has 5 heteroatoms. The summed E-state index contributed by atoms with van der Waals surface area (Å²) in [5, 5.41) is 2.79. The van der Waals surface area contributed by atoms with Crippen molar-refractivity contribution in [2.24, 2.45) is 0 Å². The number of rotatable bonds is 8. The normalized spacial score (nSPS) is 12.8. The van der Waals surface area contributed by atoms with E-state index >= 15 is 0 Å². The Morgan fingerprint density at radius 1 is 0.962 bits per heavy atom. The average molecular weight is 355 g/mol. The molecule has 0 radical (unpaired) electrons. The van der Waals surface area contributed by atoms with Crippen molar-refractivity contribution in [1.82, 2.24) is 5.32 Å². The van der Waals surface area contributed by atoms with Crippen molar-refractivity contribution in [3.8, 4) is 17.2 Å². The number of fused-ring (bicyclic) bond motifs is 1. The maximum absolute atomic E-state index is 11.9. The van der Waals surface area contributed by atoms with E-state index in [-0.39, 0.29) is 12.5 Å². The van der Waals surface area contributed by atoms with Crippen LogP contribution in [0.5, 0.6) is 17.2 Å². The quantitative estimate of drug-likeness (QED) is 0.739. The molecule has 1 aliphatic rings. The van der Waals surface area contributed by atoms with Gasteiger partial charge >= 0.3 is 0 Å². The third kappa shape index (κ3) is 5.15. The van der Waals surface area contributed by atoms with Crippen LogP contribution in [0, 0.1) is 0 Å². The minimum atomic E-state index is -0.156. The second kappa shape index (κ2) is 9.13. The van der Waals surface area contributed by atoms with E-state index in [1.54, 1.807) is 13.2 Å². The van der Waals surface area contributed by atoms with Gasteiger partial charge in [0.15, 0.2) is 6.61 Å². The lowest BCUT2D eigenvalue weighted by Gasteiger charge is -2.16. The molecule has 2 aromatic carbocycles. The largest absolute Gasteiger partial charge is 0.497 e. The molecule has 3 rings (SSSR count). The first-order valence-electron chi connectivity index (χ1n) is 9.03. The van der Waals surface area contributed by atoms with Crippen molar-refractivity contribution >= 4 is 5.91 Å². The zero-order valence-corrected chi connectivity index (χ0v) is 15.1. The monoisotopic (exact) mass is 355 g/mol. The van der Waals surface area contributed by atoms with Gasteiger partial charge in [0.25, 0.3) is 5.91 Å². The Morgan fingerprint density at radius 2 is 1.73 bits per heavy atom. The molecule has 0 aromatic heterocycles. The van der Waals surface area contributed by atoms with Crippen molar-refractivity contribution in [2.75, 3.05) is 26.9 Å². The molecule has 1 aliphatic carbocycles. The Labute approximate surface area is 154 Å². The fourth-order valence-electron chi connectivity index (χ4n) is 3.05. The van der Waals surface area contributed by atoms with Crippen molar-refractivity contribution in [1.29, 1.82) is 0 Å². The maximum Gasteiger partial charge on any atom is 0.258 e. The minimum Gasteiger partial charge on any atom is -0.497 e. The summed E-state index contributed by atoms with van der Waals surface area (Å²) >= 11 is 0. The second-order valence-electron chi connectivity index (χ2n) is 6.30. The van der Waals surface area contributed by atoms with Crippen molar-refractivity contribution in [2.45, 2.75) is 25.7 Å². The molecule has 0 unspecified atom stereocenters. The summed E-state index contributed by atoms with van der Waals surface area (Å²) in [5.74, 6) is 2.05. The summed E-state index contributed by atoms with van der Waals surface area (Å²) in [7, 11) is 1.61. The first-order valence-corrected chi connectivity index (χ1v) is 9.03. The van der Waals surface area contributed by atoms with E-state index in [2.05, 4.69) is 17.4 Å². The number of carbonyl (C=O) groups excluding carboxylic acids is 1. The predicted octanol–water partition coefficient (Wildman–Crippen LogP) is 3.15. The minimum absolute atomic E-state index is 0.0119. The molecular formula is C21H25NO4. The number of nitrogens with one attached hydrogen (secondary N) is 1. The third-order valence-corrected chi connectivity index (χ3v) is 4.42. The van der Waals surface area contributed by atoms with Gasteiger partial charge in [0.2, 0.25) is 0 Å². The summed E-state index contributed by atoms with van der Waals surface area (Å²) in [5.41, 5.74) is 2.75. The zero-order chi connectivity index (χ0) is 18.2. The number of ether oxygens (including phenoxy) is 3. The molecule has 2 aromatic rings. The fraction of sp³-hybridized carbons (Fsp3) is 0.381. The molecule has 0 fully saturated rings. The molecule has 0 spiro atoms. The fourth-order valence-corrected chi connectivity index (χ4v) is 3.05. The van der Waals surface area contributed by atoms with Crippen LogP contribution in [0.2, 0.25) is 0 Å². The van der Waals surface area contributed by atoms with Gasteiger partial charge in [-0.15, -0.1) is 0 Å². The molecular weight excluding hydrogens is 330 g/mol. The third-order valence-electron chi connectivity index (χ3n) is 4.42. The van der Waals surface area contributed by atoms with Crippen LogP contribution in [0.1, 0.15) is 24.0 Å². The topological polar surface area (TPSA) is 56.8 Å². The molecule has 0 saturated carbocycles. The van der Waals surface area contributed by atoms with E-state index in [0.717, 1.165) is 24.3 Å². The Bertz CT molecular complexity index is 745. The van der Waals surface area contributed by atoms with Gasteiger partial charge in [-0.2, -0.15) is 0 Å². The summed E-state index contributed by atoms with van der Waals surface area (Å²) < 4.78 is 16.3. The van der Waals surface area contributed by atoms with Crippen LogP contribution >= 0.6 is 0 Å². The first kappa shape index (κ1) is 18.1. The molecule has 0 bridgehead atoms. The molecule has 1 amide bonds. The van der Waals surface area contributed by atoms with Crippen LogP contribution in [0.3, 0.4) is 0 Å². The molecule has 0 atom stereocenters. The highest BCUT2D eigenvalue weighted by Gasteiger charge is 2.10. The molecule has 0 saturated heterocycles. The number of hydrogen-bond acceptors (Lipinski definition) is 4. The van der Waals surface area contributed by atoms with E-state index in [1.165, 1.54) is 24.0 Å². The Kier molecular flexibility index (Phi) is 6.36. The van der Waals surface area contributed by atoms with Gasteiger partial charge in [-0.05, 0) is 61.1 Å². The van der Waals surface area contributed by atoms with Gasteiger partial charge in [0.1, 0.15) is 23.9 Å². The second-order valence-corrected chi connectivity index (χ2v) is 6.30. The van der Waals surface area contributed by atoms with E-state index < -0.39 is 0 Å². The lowest BCUT2D eigenvalue weighted by molar-refractivity contribution is -0.123. The van der Waals surface area contributed by atoms with Gasteiger partial charge in [-0.3, -0.25) is 4.79 Å². The highest BCUT2D eigenvalue weighted by molar-refractivity contribution is 5.77. The number of carbonyl (C=O) groups is 1. The lowest BCUT2D eigenvalue weighted by Crippen LogP contribution is -2.32. The summed E-state index contributed by atoms with van der Waals surface area (Å²) in [6.07, 6.45) is 4.72. The first-order chi connectivity index (χ1) is 12.7. The number of amides is 1. The number of aryl methyl sites for hydroxylation is 2. The van der Waals surface area contributed by atoms with Crippen LogP contribution in [-0.4, -0.2) is 32.8 Å². The zero-order valence-electron chi connectivity index (χ0n) is 15.1. The van der Waals surface area contributed by atoms with E-state index in [4.69, 9.17) is 14.2 Å². The lowest BCUT2D eigenvalue weighted by atomic mass is 9.92. The van der Waals surface area contributed by atoms with Crippen molar-refractivity contribution in [3.05, 3.63) is 53.6 Å². The maximum atomic E-state index is 11.9. The smallest absolute Gasteiger partial charge is 0.258 e. The number of methoxy groups -OCH3 is 1. The molecule has 138 valence electrons. The predicted molar refractivity (Wildman–Crippen MR) is 100 cm³/mol. The van der Waals surface area contributed by atoms with Gasteiger partial charge in [0, 0.05) is 6.07 Å². The van der Waals surface area contributed by atoms with E-state index in [1.807, 2.05) is 24.3 Å². The Balaban J connectivity index is 1.36. The van der Waals surface area contributed by atoms with Gasteiger partial charge < -0.3 is 19.5 Å². The standard InChI is InChI=1S/C21H25NO4/c1-24-18-7-4-8-19(14-18)25-12-11-22-21(23)15-26-20-10-9-16-5-2-3-6-17(16)13-20/h4,7-10,13-14H,2-3,5-6,11-12,15H2,1H3,(H,22,23). The van der Waals surface area contributed by atoms with E-state index in [0.29, 0.717) is 18.9 Å². The van der Waals surface area contributed by atoms with Crippen LogP contribution in [0.4, 0.5) is 0 Å². The van der Waals surface area contributed by atoms with Crippen LogP contribution in [0.15, 0.2) is 42.5 Å². The highest BCUT2D eigenvalue weighted by atomic mass is 16.5. The van der Waals surface area contributed by atoms with Crippen LogP contribution in [0.25, 0.3) is 0 Å². The van der Waals surface area contributed by atoms with Crippen LogP contribution in [-0.2, 0) is 17.6 Å². The summed E-state index contributed by atoms with van der Waals surface area (Å²) in [4.78, 5) is 11.9. The summed E-state index contributed by atoms with van der Waals surface area (Å²) in [6.45, 7) is 0.819. The average Bonchev–Trinajstić information content (AvgIpc) is 2.69. The van der Waals surface area contributed by atoms with E-state index in [9.17, 15) is 4.79 Å². The molecule has 1 N–H and O–H groups in total. The number of benzene rings is 2. The van der Waals surface area contributed by atoms with Crippen LogP contribution < -0.4 is 19.5 Å². The van der Waals surface area contributed by atoms with Gasteiger partial charge in [0.05, 0.1) is 13.7 Å².